The predicted octanol–water partition coefficient (Wildman–Crippen LogP) is 1.41. The summed E-state index contributed by atoms with van der Waals surface area (Å²) in [6, 6.07) is 6.24. The second-order valence-electron chi connectivity index (χ2n) is 2.35. The van der Waals surface area contributed by atoms with Crippen LogP contribution >= 0.6 is 0 Å². The first kappa shape index (κ1) is 6.97. The molecule has 0 fully saturated rings. The number of hydrogen-bond acceptors (Lipinski definition) is 2. The van der Waals surface area contributed by atoms with Crippen molar-refractivity contribution < 1.29 is 4.39 Å². The van der Waals surface area contributed by atoms with E-state index in [1.54, 1.807) is 16.7 Å². The summed E-state index contributed by atoms with van der Waals surface area (Å²) in [5.41, 5.74) is 0.722. The molecule has 60 valence electrons. The lowest BCUT2D eigenvalue weighted by atomic mass is 10.3. The SMILES string of the molecule is Fc1cccc(-n2cnnc2)c1. The van der Waals surface area contributed by atoms with Gasteiger partial charge in [-0.3, -0.25) is 4.57 Å². The monoisotopic (exact) mass is 163 g/mol. The van der Waals surface area contributed by atoms with Crippen LogP contribution in [0.3, 0.4) is 0 Å². The first-order valence-corrected chi connectivity index (χ1v) is 3.47. The Hall–Kier alpha value is -1.71. The van der Waals surface area contributed by atoms with Gasteiger partial charge in [0.25, 0.3) is 0 Å². The number of halogens is 1. The van der Waals surface area contributed by atoms with Crippen LogP contribution in [0.15, 0.2) is 36.9 Å². The highest BCUT2D eigenvalue weighted by molar-refractivity contribution is 5.30. The van der Waals surface area contributed by atoms with E-state index in [-0.39, 0.29) is 5.82 Å². The Labute approximate surface area is 68.5 Å². The molecule has 0 spiro atoms. The van der Waals surface area contributed by atoms with Crippen LogP contribution in [0.5, 0.6) is 0 Å². The van der Waals surface area contributed by atoms with Crippen LogP contribution in [0, 0.1) is 5.82 Å². The summed E-state index contributed by atoms with van der Waals surface area (Å²) in [6.45, 7) is 0. The van der Waals surface area contributed by atoms with Crippen LogP contribution in [0.25, 0.3) is 5.69 Å². The zero-order valence-corrected chi connectivity index (χ0v) is 6.18. The zero-order chi connectivity index (χ0) is 8.39. The van der Waals surface area contributed by atoms with Crippen molar-refractivity contribution in [3.8, 4) is 5.69 Å². The maximum absolute atomic E-state index is 12.7. The fourth-order valence-corrected chi connectivity index (χ4v) is 0.971. The maximum Gasteiger partial charge on any atom is 0.125 e. The van der Waals surface area contributed by atoms with Gasteiger partial charge in [-0.1, -0.05) is 6.07 Å². The van der Waals surface area contributed by atoms with Gasteiger partial charge in [-0.05, 0) is 18.2 Å². The molecule has 0 unspecified atom stereocenters. The van der Waals surface area contributed by atoms with Gasteiger partial charge in [0.2, 0.25) is 0 Å². The van der Waals surface area contributed by atoms with E-state index >= 15 is 0 Å². The van der Waals surface area contributed by atoms with E-state index in [1.807, 2.05) is 0 Å². The molecule has 0 aliphatic carbocycles. The lowest BCUT2D eigenvalue weighted by Crippen LogP contribution is -1.89. The van der Waals surface area contributed by atoms with Crippen molar-refractivity contribution in [1.82, 2.24) is 14.8 Å². The lowest BCUT2D eigenvalue weighted by molar-refractivity contribution is 0.626. The molecular formula is C8H6FN3. The first-order chi connectivity index (χ1) is 5.86. The Bertz CT molecular complexity index is 370. The molecule has 12 heavy (non-hydrogen) atoms. The maximum atomic E-state index is 12.7. The largest absolute Gasteiger partial charge is 0.288 e. The van der Waals surface area contributed by atoms with E-state index in [2.05, 4.69) is 10.2 Å². The van der Waals surface area contributed by atoms with E-state index in [0.717, 1.165) is 5.69 Å². The second-order valence-corrected chi connectivity index (χ2v) is 2.35. The molecule has 0 saturated carbocycles. The van der Waals surface area contributed by atoms with Gasteiger partial charge in [-0.15, -0.1) is 10.2 Å². The second kappa shape index (κ2) is 2.73. The number of nitrogens with zero attached hydrogens (tertiary/aromatic N) is 3. The quantitative estimate of drug-likeness (QED) is 0.636. The minimum atomic E-state index is -0.263. The molecule has 0 saturated heterocycles. The minimum absolute atomic E-state index is 0.263. The van der Waals surface area contributed by atoms with Crippen LogP contribution in [0.4, 0.5) is 4.39 Å². The van der Waals surface area contributed by atoms with Gasteiger partial charge in [0.1, 0.15) is 18.5 Å². The molecule has 1 heterocycles. The zero-order valence-electron chi connectivity index (χ0n) is 6.18. The fraction of sp³-hybridized carbons (Fsp3) is 0. The van der Waals surface area contributed by atoms with E-state index in [9.17, 15) is 4.39 Å². The third kappa shape index (κ3) is 1.18. The van der Waals surface area contributed by atoms with Gasteiger partial charge in [0.15, 0.2) is 0 Å². The van der Waals surface area contributed by atoms with Crippen molar-refractivity contribution in [3.05, 3.63) is 42.7 Å². The Morgan fingerprint density at radius 2 is 1.92 bits per heavy atom. The van der Waals surface area contributed by atoms with Crippen LogP contribution < -0.4 is 0 Å². The number of hydrogen-bond donors (Lipinski definition) is 0. The Balaban J connectivity index is 2.48. The van der Waals surface area contributed by atoms with E-state index in [4.69, 9.17) is 0 Å². The Morgan fingerprint density at radius 3 is 2.58 bits per heavy atom. The molecule has 0 N–H and O–H groups in total. The molecule has 4 heteroatoms. The summed E-state index contributed by atoms with van der Waals surface area (Å²) in [5, 5.41) is 7.24. The highest BCUT2D eigenvalue weighted by Gasteiger charge is 1.95. The van der Waals surface area contributed by atoms with Crippen molar-refractivity contribution in [2.24, 2.45) is 0 Å². The van der Waals surface area contributed by atoms with E-state index in [1.165, 1.54) is 24.8 Å². The third-order valence-electron chi connectivity index (χ3n) is 1.53. The minimum Gasteiger partial charge on any atom is -0.288 e. The van der Waals surface area contributed by atoms with Gasteiger partial charge in [0, 0.05) is 0 Å². The van der Waals surface area contributed by atoms with Crippen molar-refractivity contribution in [1.29, 1.82) is 0 Å². The van der Waals surface area contributed by atoms with Crippen LogP contribution in [0.2, 0.25) is 0 Å². The fourth-order valence-electron chi connectivity index (χ4n) is 0.971. The Morgan fingerprint density at radius 1 is 1.17 bits per heavy atom. The average Bonchev–Trinajstić information content (AvgIpc) is 2.56. The summed E-state index contributed by atoms with van der Waals surface area (Å²) in [4.78, 5) is 0. The van der Waals surface area contributed by atoms with Gasteiger partial charge in [-0.2, -0.15) is 0 Å². The van der Waals surface area contributed by atoms with Crippen molar-refractivity contribution >= 4 is 0 Å². The van der Waals surface area contributed by atoms with Crippen LogP contribution in [-0.2, 0) is 0 Å². The van der Waals surface area contributed by atoms with Gasteiger partial charge < -0.3 is 0 Å². The summed E-state index contributed by atoms with van der Waals surface area (Å²) >= 11 is 0. The highest BCUT2D eigenvalue weighted by atomic mass is 19.1. The molecule has 0 aliphatic rings. The standard InChI is InChI=1S/C8H6FN3/c9-7-2-1-3-8(4-7)12-5-10-11-6-12/h1-6H. The normalized spacial score (nSPS) is 10.1. The van der Waals surface area contributed by atoms with Crippen LogP contribution in [-0.4, -0.2) is 14.8 Å². The summed E-state index contributed by atoms with van der Waals surface area (Å²) in [7, 11) is 0. The van der Waals surface area contributed by atoms with Crippen molar-refractivity contribution in [2.75, 3.05) is 0 Å². The number of rotatable bonds is 1. The molecule has 2 aromatic rings. The molecule has 1 aromatic carbocycles. The number of benzene rings is 1. The molecular weight excluding hydrogens is 157 g/mol. The molecule has 0 aliphatic heterocycles. The van der Waals surface area contributed by atoms with Crippen molar-refractivity contribution in [2.45, 2.75) is 0 Å². The van der Waals surface area contributed by atoms with E-state index < -0.39 is 0 Å². The Kier molecular flexibility index (Phi) is 1.59. The van der Waals surface area contributed by atoms with Gasteiger partial charge in [0.05, 0.1) is 5.69 Å². The molecule has 0 radical (unpaired) electrons. The molecule has 0 atom stereocenters. The first-order valence-electron chi connectivity index (χ1n) is 3.47. The van der Waals surface area contributed by atoms with E-state index in [0.29, 0.717) is 0 Å². The van der Waals surface area contributed by atoms with Crippen LogP contribution in [0.1, 0.15) is 0 Å². The smallest absolute Gasteiger partial charge is 0.125 e. The molecule has 0 amide bonds. The number of aromatic nitrogens is 3. The summed E-state index contributed by atoms with van der Waals surface area (Å²) in [6.07, 6.45) is 3.05. The highest BCUT2D eigenvalue weighted by Crippen LogP contribution is 2.07. The molecule has 1 aromatic heterocycles. The summed E-state index contributed by atoms with van der Waals surface area (Å²) < 4.78 is 14.3. The molecule has 0 bridgehead atoms. The predicted molar refractivity (Wildman–Crippen MR) is 41.3 cm³/mol. The lowest BCUT2D eigenvalue weighted by Gasteiger charge is -1.98. The molecule has 3 nitrogen and oxygen atoms in total. The third-order valence-corrected chi connectivity index (χ3v) is 1.53. The molecule has 2 rings (SSSR count). The topological polar surface area (TPSA) is 30.7 Å². The van der Waals surface area contributed by atoms with Gasteiger partial charge >= 0.3 is 0 Å². The summed E-state index contributed by atoms with van der Waals surface area (Å²) in [5.74, 6) is -0.263. The van der Waals surface area contributed by atoms with Gasteiger partial charge in [-0.25, -0.2) is 4.39 Å². The average molecular weight is 163 g/mol. The van der Waals surface area contributed by atoms with Crippen molar-refractivity contribution in [3.63, 3.8) is 0 Å².